The van der Waals surface area contributed by atoms with Crippen LogP contribution in [0.5, 0.6) is 5.75 Å². The number of hydrogen-bond acceptors (Lipinski definition) is 4. The summed E-state index contributed by atoms with van der Waals surface area (Å²) in [7, 11) is 0. The zero-order valence-electron chi connectivity index (χ0n) is 10.6. The smallest absolute Gasteiger partial charge is 0.223 e. The standard InChI is InChI=1S/C14H13BrClN3O/c15-9-7-17-14(18-8-9)19-12-5-2-6-20-13-10(12)3-1-4-11(13)16/h1,3-4,7-8,12H,2,5-6H2,(H,17,18,19). The summed E-state index contributed by atoms with van der Waals surface area (Å²) in [6.45, 7) is 0.677. The third-order valence-electron chi connectivity index (χ3n) is 3.18. The highest BCUT2D eigenvalue weighted by molar-refractivity contribution is 9.10. The molecule has 0 spiro atoms. The number of hydrogen-bond donors (Lipinski definition) is 1. The molecule has 1 aromatic heterocycles. The van der Waals surface area contributed by atoms with Gasteiger partial charge in [0, 0.05) is 18.0 Å². The Hall–Kier alpha value is -1.33. The molecule has 1 unspecified atom stereocenters. The first-order chi connectivity index (χ1) is 9.74. The van der Waals surface area contributed by atoms with Crippen LogP contribution in [-0.2, 0) is 0 Å². The summed E-state index contributed by atoms with van der Waals surface area (Å²) in [6.07, 6.45) is 5.36. The number of nitrogens with zero attached hydrogens (tertiary/aromatic N) is 2. The van der Waals surface area contributed by atoms with Gasteiger partial charge in [-0.3, -0.25) is 0 Å². The average Bonchev–Trinajstić information content (AvgIpc) is 2.65. The molecule has 1 aliphatic rings. The third-order valence-corrected chi connectivity index (χ3v) is 3.89. The molecule has 2 heterocycles. The van der Waals surface area contributed by atoms with Crippen molar-refractivity contribution in [2.24, 2.45) is 0 Å². The van der Waals surface area contributed by atoms with Crippen molar-refractivity contribution >= 4 is 33.5 Å². The Morgan fingerprint density at radius 2 is 2.10 bits per heavy atom. The van der Waals surface area contributed by atoms with E-state index in [2.05, 4.69) is 31.2 Å². The van der Waals surface area contributed by atoms with Crippen molar-refractivity contribution in [2.45, 2.75) is 18.9 Å². The lowest BCUT2D eigenvalue weighted by Gasteiger charge is -2.18. The first-order valence-corrected chi connectivity index (χ1v) is 7.56. The Labute approximate surface area is 130 Å². The zero-order chi connectivity index (χ0) is 13.9. The van der Waals surface area contributed by atoms with Crippen molar-refractivity contribution in [1.82, 2.24) is 9.97 Å². The van der Waals surface area contributed by atoms with E-state index in [-0.39, 0.29) is 6.04 Å². The van der Waals surface area contributed by atoms with E-state index in [1.165, 1.54) is 0 Å². The van der Waals surface area contributed by atoms with Gasteiger partial charge in [-0.15, -0.1) is 0 Å². The van der Waals surface area contributed by atoms with E-state index < -0.39 is 0 Å². The highest BCUT2D eigenvalue weighted by Gasteiger charge is 2.22. The molecular weight excluding hydrogens is 342 g/mol. The highest BCUT2D eigenvalue weighted by atomic mass is 79.9. The number of benzene rings is 1. The predicted molar refractivity (Wildman–Crippen MR) is 82.3 cm³/mol. The molecule has 104 valence electrons. The summed E-state index contributed by atoms with van der Waals surface area (Å²) in [5.74, 6) is 1.37. The monoisotopic (exact) mass is 353 g/mol. The second-order valence-electron chi connectivity index (χ2n) is 4.57. The van der Waals surface area contributed by atoms with E-state index in [1.54, 1.807) is 12.4 Å². The summed E-state index contributed by atoms with van der Waals surface area (Å²) in [4.78, 5) is 8.51. The minimum Gasteiger partial charge on any atom is -0.492 e. The Morgan fingerprint density at radius 3 is 2.90 bits per heavy atom. The fraction of sp³-hybridized carbons (Fsp3) is 0.286. The zero-order valence-corrected chi connectivity index (χ0v) is 13.0. The van der Waals surface area contributed by atoms with E-state index in [9.17, 15) is 0 Å². The third kappa shape index (κ3) is 2.88. The van der Waals surface area contributed by atoms with Crippen LogP contribution in [-0.4, -0.2) is 16.6 Å². The van der Waals surface area contributed by atoms with Gasteiger partial charge in [0.25, 0.3) is 0 Å². The van der Waals surface area contributed by atoms with E-state index in [1.807, 2.05) is 18.2 Å². The van der Waals surface area contributed by atoms with Gasteiger partial charge in [0.2, 0.25) is 5.95 Å². The minimum absolute atomic E-state index is 0.104. The Kier molecular flexibility index (Phi) is 4.08. The van der Waals surface area contributed by atoms with E-state index in [0.717, 1.165) is 28.6 Å². The number of halogens is 2. The van der Waals surface area contributed by atoms with Gasteiger partial charge in [-0.25, -0.2) is 9.97 Å². The predicted octanol–water partition coefficient (Wildman–Crippen LogP) is 4.22. The van der Waals surface area contributed by atoms with Gasteiger partial charge in [-0.1, -0.05) is 23.7 Å². The molecule has 1 N–H and O–H groups in total. The van der Waals surface area contributed by atoms with Crippen molar-refractivity contribution in [3.05, 3.63) is 45.7 Å². The summed E-state index contributed by atoms with van der Waals surface area (Å²) in [5.41, 5.74) is 1.06. The molecule has 1 aromatic carbocycles. The molecule has 0 bridgehead atoms. The van der Waals surface area contributed by atoms with Crippen molar-refractivity contribution in [3.63, 3.8) is 0 Å². The molecule has 2 aromatic rings. The molecule has 0 aliphatic carbocycles. The van der Waals surface area contributed by atoms with Gasteiger partial charge in [0.05, 0.1) is 22.1 Å². The van der Waals surface area contributed by atoms with Crippen molar-refractivity contribution < 1.29 is 4.74 Å². The lowest BCUT2D eigenvalue weighted by Crippen LogP contribution is -2.12. The van der Waals surface area contributed by atoms with Gasteiger partial charge in [0.15, 0.2) is 0 Å². The van der Waals surface area contributed by atoms with Crippen LogP contribution >= 0.6 is 27.5 Å². The second-order valence-corrected chi connectivity index (χ2v) is 5.89. The summed E-state index contributed by atoms with van der Waals surface area (Å²) in [5, 5.41) is 4.00. The van der Waals surface area contributed by atoms with Gasteiger partial charge in [0.1, 0.15) is 5.75 Å². The van der Waals surface area contributed by atoms with Crippen LogP contribution in [0.4, 0.5) is 5.95 Å². The number of anilines is 1. The first kappa shape index (κ1) is 13.6. The Balaban J connectivity index is 1.90. The fourth-order valence-electron chi connectivity index (χ4n) is 2.26. The summed E-state index contributed by atoms with van der Waals surface area (Å²) < 4.78 is 6.60. The van der Waals surface area contributed by atoms with Crippen LogP contribution in [0.1, 0.15) is 24.4 Å². The van der Waals surface area contributed by atoms with Gasteiger partial charge >= 0.3 is 0 Å². The van der Waals surface area contributed by atoms with E-state index in [0.29, 0.717) is 17.6 Å². The highest BCUT2D eigenvalue weighted by Crippen LogP contribution is 2.38. The first-order valence-electron chi connectivity index (χ1n) is 6.39. The van der Waals surface area contributed by atoms with Crippen molar-refractivity contribution in [1.29, 1.82) is 0 Å². The SMILES string of the molecule is Clc1cccc2c1OCCCC2Nc1ncc(Br)cn1. The number of para-hydroxylation sites is 1. The maximum absolute atomic E-state index is 6.21. The fourth-order valence-corrected chi connectivity index (χ4v) is 2.70. The molecule has 0 fully saturated rings. The number of nitrogens with one attached hydrogen (secondary N) is 1. The molecule has 0 radical (unpaired) electrons. The van der Waals surface area contributed by atoms with Crippen LogP contribution in [0.3, 0.4) is 0 Å². The van der Waals surface area contributed by atoms with Crippen LogP contribution in [0, 0.1) is 0 Å². The number of rotatable bonds is 2. The number of ether oxygens (including phenoxy) is 1. The summed E-state index contributed by atoms with van der Waals surface area (Å²) >= 11 is 9.54. The summed E-state index contributed by atoms with van der Waals surface area (Å²) in [6, 6.07) is 5.92. The second kappa shape index (κ2) is 5.97. The molecule has 1 aliphatic heterocycles. The quantitative estimate of drug-likeness (QED) is 0.877. The van der Waals surface area contributed by atoms with Crippen LogP contribution in [0.25, 0.3) is 0 Å². The maximum Gasteiger partial charge on any atom is 0.223 e. The van der Waals surface area contributed by atoms with Gasteiger partial charge < -0.3 is 10.1 Å². The molecule has 0 saturated carbocycles. The molecule has 0 amide bonds. The molecule has 1 atom stereocenters. The molecule has 3 rings (SSSR count). The minimum atomic E-state index is 0.104. The molecular formula is C14H13BrClN3O. The van der Waals surface area contributed by atoms with Crippen LogP contribution in [0.2, 0.25) is 5.02 Å². The molecule has 0 saturated heterocycles. The topological polar surface area (TPSA) is 47.0 Å². The molecule has 6 heteroatoms. The Morgan fingerprint density at radius 1 is 1.30 bits per heavy atom. The van der Waals surface area contributed by atoms with Crippen LogP contribution in [0.15, 0.2) is 35.1 Å². The van der Waals surface area contributed by atoms with Crippen molar-refractivity contribution in [2.75, 3.05) is 11.9 Å². The number of fused-ring (bicyclic) bond motifs is 1. The molecule has 20 heavy (non-hydrogen) atoms. The Bertz CT molecular complexity index is 606. The van der Waals surface area contributed by atoms with E-state index in [4.69, 9.17) is 16.3 Å². The average molecular weight is 355 g/mol. The lowest BCUT2D eigenvalue weighted by atomic mass is 10.0. The van der Waals surface area contributed by atoms with Gasteiger partial charge in [-0.2, -0.15) is 0 Å². The van der Waals surface area contributed by atoms with Crippen LogP contribution < -0.4 is 10.1 Å². The van der Waals surface area contributed by atoms with Gasteiger partial charge in [-0.05, 0) is 34.8 Å². The normalized spacial score (nSPS) is 17.8. The lowest BCUT2D eigenvalue weighted by molar-refractivity contribution is 0.316. The van der Waals surface area contributed by atoms with Crippen molar-refractivity contribution in [3.8, 4) is 5.75 Å². The largest absolute Gasteiger partial charge is 0.492 e. The van der Waals surface area contributed by atoms with E-state index >= 15 is 0 Å². The molecule has 4 nitrogen and oxygen atoms in total. The maximum atomic E-state index is 6.21. The number of aromatic nitrogens is 2.